The van der Waals surface area contributed by atoms with Crippen molar-refractivity contribution in [1.29, 1.82) is 0 Å². The van der Waals surface area contributed by atoms with Gasteiger partial charge in [0.25, 0.3) is 0 Å². The molecule has 0 unspecified atom stereocenters. The molecule has 0 bridgehead atoms. The van der Waals surface area contributed by atoms with Gasteiger partial charge in [0.15, 0.2) is 0 Å². The lowest BCUT2D eigenvalue weighted by atomic mass is 10.3. The lowest BCUT2D eigenvalue weighted by Gasteiger charge is -2.08. The summed E-state index contributed by atoms with van der Waals surface area (Å²) >= 11 is 10.5. The van der Waals surface area contributed by atoms with Crippen LogP contribution in [0, 0.1) is 0 Å². The predicted molar refractivity (Wildman–Crippen MR) is 55.9 cm³/mol. The van der Waals surface area contributed by atoms with E-state index in [4.69, 9.17) is 23.2 Å². The van der Waals surface area contributed by atoms with Crippen LogP contribution in [0.2, 0.25) is 5.02 Å². The van der Waals surface area contributed by atoms with E-state index in [1.54, 1.807) is 0 Å². The number of hydrogen-bond acceptors (Lipinski definition) is 3. The quantitative estimate of drug-likeness (QED) is 0.356. The van der Waals surface area contributed by atoms with E-state index in [0.717, 1.165) is 0 Å². The van der Waals surface area contributed by atoms with Crippen LogP contribution < -0.4 is 0 Å². The second-order valence-electron chi connectivity index (χ2n) is 2.37. The third kappa shape index (κ3) is 4.18. The Kier molecular flexibility index (Phi) is 4.11. The molecule has 0 aliphatic rings. The molecule has 0 N–H and O–H groups in total. The minimum Gasteiger partial charge on any atom is -0.211 e. The molecule has 0 saturated carbocycles. The van der Waals surface area contributed by atoms with Gasteiger partial charge in [0, 0.05) is 4.90 Å². The number of aliphatic imine (C=N–C) groups is 1. The molecule has 0 aromatic heterocycles. The summed E-state index contributed by atoms with van der Waals surface area (Å²) in [4.78, 5) is 13.3. The maximum absolute atomic E-state index is 12.5. The number of halogens is 4. The molecule has 0 amide bonds. The Bertz CT molecular complexity index is 416. The summed E-state index contributed by atoms with van der Waals surface area (Å²) in [6, 6.07) is 3.99. The molecular weight excluding hydrogens is 267 g/mol. The lowest BCUT2D eigenvalue weighted by molar-refractivity contribution is 0.203. The first-order valence-corrected chi connectivity index (χ1v) is 5.13. The standard InChI is InChI=1S/C8H3Cl2F2NOS/c9-6-2-1-5(13-4-14)3-7(6)15-8(10,11)12/h1-3H. The Morgan fingerprint density at radius 1 is 1.47 bits per heavy atom. The van der Waals surface area contributed by atoms with E-state index in [9.17, 15) is 13.6 Å². The Hall–Kier alpha value is -0.610. The number of alkyl halides is 3. The van der Waals surface area contributed by atoms with Crippen molar-refractivity contribution in [1.82, 2.24) is 0 Å². The van der Waals surface area contributed by atoms with Gasteiger partial charge in [-0.1, -0.05) is 11.6 Å². The van der Waals surface area contributed by atoms with Crippen molar-refractivity contribution in [3.05, 3.63) is 23.2 Å². The number of isocyanates is 1. The SMILES string of the molecule is O=C=Nc1ccc(Cl)c(SC(F)(F)Cl)c1. The largest absolute Gasteiger partial charge is 0.375 e. The Morgan fingerprint density at radius 2 is 2.13 bits per heavy atom. The molecule has 0 heterocycles. The van der Waals surface area contributed by atoms with Crippen molar-refractivity contribution in [2.75, 3.05) is 0 Å². The van der Waals surface area contributed by atoms with E-state index >= 15 is 0 Å². The zero-order chi connectivity index (χ0) is 11.5. The molecule has 0 atom stereocenters. The molecule has 15 heavy (non-hydrogen) atoms. The molecular formula is C8H3Cl2F2NOS. The molecule has 0 radical (unpaired) electrons. The first kappa shape index (κ1) is 12.5. The maximum Gasteiger partial charge on any atom is 0.375 e. The number of benzene rings is 1. The first-order chi connectivity index (χ1) is 6.92. The molecule has 2 nitrogen and oxygen atoms in total. The van der Waals surface area contributed by atoms with Gasteiger partial charge in [0.05, 0.1) is 10.7 Å². The van der Waals surface area contributed by atoms with Gasteiger partial charge in [0.1, 0.15) is 0 Å². The number of nitrogens with zero attached hydrogens (tertiary/aromatic N) is 1. The lowest BCUT2D eigenvalue weighted by Crippen LogP contribution is -1.97. The predicted octanol–water partition coefficient (Wildman–Crippen LogP) is 4.19. The monoisotopic (exact) mass is 269 g/mol. The fourth-order valence-corrected chi connectivity index (χ4v) is 1.89. The van der Waals surface area contributed by atoms with Gasteiger partial charge in [-0.15, -0.1) is 0 Å². The first-order valence-electron chi connectivity index (χ1n) is 3.55. The van der Waals surface area contributed by atoms with Crippen LogP contribution in [0.1, 0.15) is 0 Å². The van der Waals surface area contributed by atoms with E-state index in [1.807, 2.05) is 0 Å². The molecule has 1 aromatic carbocycles. The minimum absolute atomic E-state index is 0.0492. The van der Waals surface area contributed by atoms with Gasteiger partial charge in [-0.05, 0) is 41.6 Å². The van der Waals surface area contributed by atoms with Crippen LogP contribution in [0.3, 0.4) is 0 Å². The van der Waals surface area contributed by atoms with E-state index in [-0.39, 0.29) is 27.4 Å². The van der Waals surface area contributed by atoms with Crippen LogP contribution >= 0.6 is 35.0 Å². The molecule has 7 heteroatoms. The van der Waals surface area contributed by atoms with Crippen LogP contribution in [0.15, 0.2) is 28.1 Å². The minimum atomic E-state index is -3.45. The normalized spacial score (nSPS) is 10.9. The van der Waals surface area contributed by atoms with Crippen molar-refractivity contribution in [2.24, 2.45) is 4.99 Å². The van der Waals surface area contributed by atoms with Gasteiger partial charge in [-0.3, -0.25) is 0 Å². The van der Waals surface area contributed by atoms with Gasteiger partial charge < -0.3 is 0 Å². The summed E-state index contributed by atoms with van der Waals surface area (Å²) in [5.41, 5.74) is 0.192. The number of hydrogen-bond donors (Lipinski definition) is 0. The number of rotatable bonds is 3. The van der Waals surface area contributed by atoms with Gasteiger partial charge >= 0.3 is 4.71 Å². The summed E-state index contributed by atoms with van der Waals surface area (Å²) in [5.74, 6) is 0. The summed E-state index contributed by atoms with van der Waals surface area (Å²) in [6.45, 7) is 0. The number of thioether (sulfide) groups is 1. The van der Waals surface area contributed by atoms with Crippen LogP contribution in [-0.4, -0.2) is 10.8 Å². The van der Waals surface area contributed by atoms with Gasteiger partial charge in [-0.25, -0.2) is 4.79 Å². The second-order valence-corrected chi connectivity index (χ2v) is 4.63. The Morgan fingerprint density at radius 3 is 2.67 bits per heavy atom. The van der Waals surface area contributed by atoms with E-state index in [1.165, 1.54) is 24.3 Å². The fourth-order valence-electron chi connectivity index (χ4n) is 0.817. The summed E-state index contributed by atoms with van der Waals surface area (Å²) in [6.07, 6.45) is 1.30. The van der Waals surface area contributed by atoms with Gasteiger partial charge in [0.2, 0.25) is 6.08 Å². The highest BCUT2D eigenvalue weighted by atomic mass is 35.5. The molecule has 1 rings (SSSR count). The zero-order valence-corrected chi connectivity index (χ0v) is 9.34. The summed E-state index contributed by atoms with van der Waals surface area (Å²) < 4.78 is 21.5. The summed E-state index contributed by atoms with van der Waals surface area (Å²) in [7, 11) is 0. The zero-order valence-electron chi connectivity index (χ0n) is 7.01. The van der Waals surface area contributed by atoms with Crippen LogP contribution in [0.25, 0.3) is 0 Å². The third-order valence-corrected chi connectivity index (χ3v) is 2.78. The third-order valence-electron chi connectivity index (χ3n) is 1.32. The smallest absolute Gasteiger partial charge is 0.211 e. The second kappa shape index (κ2) is 4.94. The molecule has 0 aliphatic heterocycles. The van der Waals surface area contributed by atoms with Crippen LogP contribution in [-0.2, 0) is 4.79 Å². The van der Waals surface area contributed by atoms with Crippen LogP contribution in [0.4, 0.5) is 14.5 Å². The molecule has 1 aromatic rings. The van der Waals surface area contributed by atoms with Crippen molar-refractivity contribution >= 4 is 46.7 Å². The average molecular weight is 270 g/mol. The van der Waals surface area contributed by atoms with Crippen molar-refractivity contribution < 1.29 is 13.6 Å². The molecule has 0 aliphatic carbocycles. The Balaban J connectivity index is 3.05. The molecule has 0 saturated heterocycles. The molecule has 0 fully saturated rings. The topological polar surface area (TPSA) is 29.4 Å². The fraction of sp³-hybridized carbons (Fsp3) is 0.125. The van der Waals surface area contributed by atoms with E-state index in [2.05, 4.69) is 4.99 Å². The van der Waals surface area contributed by atoms with Crippen LogP contribution in [0.5, 0.6) is 0 Å². The van der Waals surface area contributed by atoms with Gasteiger partial charge in [-0.2, -0.15) is 13.8 Å². The highest BCUT2D eigenvalue weighted by molar-refractivity contribution is 8.01. The molecule has 80 valence electrons. The van der Waals surface area contributed by atoms with E-state index in [0.29, 0.717) is 0 Å². The number of carbonyl (C=O) groups excluding carboxylic acids is 1. The maximum atomic E-state index is 12.5. The average Bonchev–Trinajstić information content (AvgIpc) is 2.09. The Labute approximate surface area is 98.3 Å². The highest BCUT2D eigenvalue weighted by Gasteiger charge is 2.27. The molecule has 0 spiro atoms. The van der Waals surface area contributed by atoms with Crippen molar-refractivity contribution in [3.63, 3.8) is 0 Å². The van der Waals surface area contributed by atoms with E-state index < -0.39 is 4.71 Å². The highest BCUT2D eigenvalue weighted by Crippen LogP contribution is 2.43. The van der Waals surface area contributed by atoms with Crippen molar-refractivity contribution in [2.45, 2.75) is 9.61 Å². The summed E-state index contributed by atoms with van der Waals surface area (Å²) in [5, 5.41) is 0.116. The van der Waals surface area contributed by atoms with Crippen molar-refractivity contribution in [3.8, 4) is 0 Å².